The molecule has 0 aliphatic rings. The number of carbonyl (C=O) groups excluding carboxylic acids is 2. The van der Waals surface area contributed by atoms with E-state index in [0.717, 1.165) is 11.1 Å². The molecule has 0 aromatic heterocycles. The van der Waals surface area contributed by atoms with Crippen LogP contribution in [0.3, 0.4) is 0 Å². The Morgan fingerprint density at radius 2 is 1.86 bits per heavy atom. The average molecular weight is 298 g/mol. The van der Waals surface area contributed by atoms with Crippen molar-refractivity contribution in [2.24, 2.45) is 5.73 Å². The molecule has 2 aromatic carbocycles. The second-order valence-corrected chi connectivity index (χ2v) is 5.02. The Hall–Kier alpha value is -2.82. The number of aryl methyl sites for hydroxylation is 2. The highest BCUT2D eigenvalue weighted by Crippen LogP contribution is 2.19. The molecule has 0 aliphatic heterocycles. The van der Waals surface area contributed by atoms with E-state index in [1.807, 2.05) is 32.0 Å². The number of nitrogens with one attached hydrogen (secondary N) is 1. The Morgan fingerprint density at radius 3 is 2.55 bits per heavy atom. The molecule has 0 aliphatic carbocycles. The van der Waals surface area contributed by atoms with Crippen LogP contribution < -0.4 is 15.8 Å². The summed E-state index contributed by atoms with van der Waals surface area (Å²) in [4.78, 5) is 23.2. The Bertz CT molecular complexity index is 711. The van der Waals surface area contributed by atoms with Gasteiger partial charge in [0, 0.05) is 0 Å². The van der Waals surface area contributed by atoms with Crippen molar-refractivity contribution in [2.45, 2.75) is 13.8 Å². The minimum absolute atomic E-state index is 0.142. The van der Waals surface area contributed by atoms with Crippen molar-refractivity contribution >= 4 is 17.5 Å². The molecule has 2 aromatic rings. The van der Waals surface area contributed by atoms with E-state index in [-0.39, 0.29) is 18.1 Å². The molecule has 3 N–H and O–H groups in total. The molecule has 0 fully saturated rings. The first kappa shape index (κ1) is 15.6. The van der Waals surface area contributed by atoms with Gasteiger partial charge in [-0.3, -0.25) is 9.59 Å². The van der Waals surface area contributed by atoms with Crippen LogP contribution in [0.1, 0.15) is 21.5 Å². The number of nitrogens with two attached hydrogens (primary N) is 1. The molecule has 0 bridgehead atoms. The Kier molecular flexibility index (Phi) is 4.78. The van der Waals surface area contributed by atoms with Crippen molar-refractivity contribution in [3.63, 3.8) is 0 Å². The van der Waals surface area contributed by atoms with Crippen LogP contribution >= 0.6 is 0 Å². The van der Waals surface area contributed by atoms with Crippen molar-refractivity contribution in [1.29, 1.82) is 0 Å². The molecule has 114 valence electrons. The van der Waals surface area contributed by atoms with Gasteiger partial charge in [-0.25, -0.2) is 0 Å². The normalized spacial score (nSPS) is 10.1. The SMILES string of the molecule is Cc1ccc(OCC(=O)Nc2ccccc2C(N)=O)c(C)c1. The summed E-state index contributed by atoms with van der Waals surface area (Å²) in [5.74, 6) is -0.288. The van der Waals surface area contributed by atoms with Gasteiger partial charge in [-0.2, -0.15) is 0 Å². The van der Waals surface area contributed by atoms with Gasteiger partial charge in [-0.05, 0) is 37.6 Å². The number of ether oxygens (including phenoxy) is 1. The third-order valence-electron chi connectivity index (χ3n) is 3.16. The largest absolute Gasteiger partial charge is 0.483 e. The van der Waals surface area contributed by atoms with Crippen LogP contribution in [-0.4, -0.2) is 18.4 Å². The summed E-state index contributed by atoms with van der Waals surface area (Å²) in [6.45, 7) is 3.77. The Morgan fingerprint density at radius 1 is 1.14 bits per heavy atom. The fraction of sp³-hybridized carbons (Fsp3) is 0.176. The van der Waals surface area contributed by atoms with Crippen molar-refractivity contribution < 1.29 is 14.3 Å². The lowest BCUT2D eigenvalue weighted by molar-refractivity contribution is -0.118. The van der Waals surface area contributed by atoms with E-state index in [0.29, 0.717) is 11.4 Å². The van der Waals surface area contributed by atoms with Gasteiger partial charge in [0.05, 0.1) is 11.3 Å². The predicted molar refractivity (Wildman–Crippen MR) is 85.0 cm³/mol. The topological polar surface area (TPSA) is 81.4 Å². The molecule has 0 saturated heterocycles. The average Bonchev–Trinajstić information content (AvgIpc) is 2.46. The van der Waals surface area contributed by atoms with Crippen LogP contribution in [0.4, 0.5) is 5.69 Å². The van der Waals surface area contributed by atoms with Gasteiger partial charge in [0.1, 0.15) is 5.75 Å². The van der Waals surface area contributed by atoms with Crippen LogP contribution in [-0.2, 0) is 4.79 Å². The van der Waals surface area contributed by atoms with E-state index in [1.54, 1.807) is 24.3 Å². The van der Waals surface area contributed by atoms with Gasteiger partial charge in [0.2, 0.25) is 0 Å². The molecule has 0 saturated carbocycles. The van der Waals surface area contributed by atoms with Gasteiger partial charge in [-0.15, -0.1) is 0 Å². The lowest BCUT2D eigenvalue weighted by Gasteiger charge is -2.11. The van der Waals surface area contributed by atoms with Gasteiger partial charge in [0.15, 0.2) is 6.61 Å². The summed E-state index contributed by atoms with van der Waals surface area (Å²) in [6, 6.07) is 12.3. The Balaban J connectivity index is 2.00. The number of primary amides is 1. The van der Waals surface area contributed by atoms with Crippen molar-refractivity contribution in [1.82, 2.24) is 0 Å². The van der Waals surface area contributed by atoms with Gasteiger partial charge in [-0.1, -0.05) is 29.8 Å². The summed E-state index contributed by atoms with van der Waals surface area (Å²) >= 11 is 0. The fourth-order valence-corrected chi connectivity index (χ4v) is 2.10. The number of benzene rings is 2. The monoisotopic (exact) mass is 298 g/mol. The minimum atomic E-state index is -0.591. The summed E-state index contributed by atoms with van der Waals surface area (Å²) < 4.78 is 5.50. The molecule has 0 atom stereocenters. The lowest BCUT2D eigenvalue weighted by atomic mass is 10.1. The number of para-hydroxylation sites is 1. The zero-order valence-electron chi connectivity index (χ0n) is 12.6. The van der Waals surface area contributed by atoms with Crippen molar-refractivity contribution in [2.75, 3.05) is 11.9 Å². The molecule has 2 amide bonds. The highest BCUT2D eigenvalue weighted by molar-refractivity contribution is 6.03. The number of hydrogen-bond acceptors (Lipinski definition) is 3. The first-order valence-electron chi connectivity index (χ1n) is 6.86. The van der Waals surface area contributed by atoms with Crippen LogP contribution in [0.25, 0.3) is 0 Å². The predicted octanol–water partition coefficient (Wildman–Crippen LogP) is 2.42. The van der Waals surface area contributed by atoms with Crippen LogP contribution in [0, 0.1) is 13.8 Å². The molecule has 2 rings (SSSR count). The van der Waals surface area contributed by atoms with Gasteiger partial charge in [0.25, 0.3) is 11.8 Å². The first-order chi connectivity index (χ1) is 10.5. The maximum absolute atomic E-state index is 12.0. The number of hydrogen-bond donors (Lipinski definition) is 2. The second kappa shape index (κ2) is 6.76. The zero-order chi connectivity index (χ0) is 16.1. The van der Waals surface area contributed by atoms with E-state index in [9.17, 15) is 9.59 Å². The Labute approximate surface area is 129 Å². The van der Waals surface area contributed by atoms with Gasteiger partial charge < -0.3 is 15.8 Å². The summed E-state index contributed by atoms with van der Waals surface area (Å²) in [5.41, 5.74) is 8.01. The number of carbonyl (C=O) groups is 2. The molecule has 5 nitrogen and oxygen atoms in total. The summed E-state index contributed by atoms with van der Waals surface area (Å²) in [6.07, 6.45) is 0. The van der Waals surface area contributed by atoms with Gasteiger partial charge >= 0.3 is 0 Å². The first-order valence-corrected chi connectivity index (χ1v) is 6.86. The van der Waals surface area contributed by atoms with E-state index in [4.69, 9.17) is 10.5 Å². The zero-order valence-corrected chi connectivity index (χ0v) is 12.6. The highest BCUT2D eigenvalue weighted by Gasteiger charge is 2.11. The minimum Gasteiger partial charge on any atom is -0.483 e. The molecule has 0 unspecified atom stereocenters. The smallest absolute Gasteiger partial charge is 0.262 e. The van der Waals surface area contributed by atoms with E-state index < -0.39 is 5.91 Å². The summed E-state index contributed by atoms with van der Waals surface area (Å²) in [5, 5.41) is 2.63. The fourth-order valence-electron chi connectivity index (χ4n) is 2.10. The van der Waals surface area contributed by atoms with Crippen molar-refractivity contribution in [3.05, 3.63) is 59.2 Å². The molecular formula is C17H18N2O3. The second-order valence-electron chi connectivity index (χ2n) is 5.02. The molecule has 0 radical (unpaired) electrons. The molecule has 22 heavy (non-hydrogen) atoms. The number of rotatable bonds is 5. The lowest BCUT2D eigenvalue weighted by Crippen LogP contribution is -2.23. The molecule has 5 heteroatoms. The molecular weight excluding hydrogens is 280 g/mol. The molecule has 0 heterocycles. The molecule has 0 spiro atoms. The number of anilines is 1. The maximum atomic E-state index is 12.0. The van der Waals surface area contributed by atoms with Crippen LogP contribution in [0.5, 0.6) is 5.75 Å². The highest BCUT2D eigenvalue weighted by atomic mass is 16.5. The standard InChI is InChI=1S/C17H18N2O3/c1-11-7-8-15(12(2)9-11)22-10-16(20)19-14-6-4-3-5-13(14)17(18)21/h3-9H,10H2,1-2H3,(H2,18,21)(H,19,20). The van der Waals surface area contributed by atoms with Crippen LogP contribution in [0.2, 0.25) is 0 Å². The van der Waals surface area contributed by atoms with Crippen molar-refractivity contribution in [3.8, 4) is 5.75 Å². The quantitative estimate of drug-likeness (QED) is 0.889. The summed E-state index contributed by atoms with van der Waals surface area (Å²) in [7, 11) is 0. The van der Waals surface area contributed by atoms with E-state index >= 15 is 0 Å². The van der Waals surface area contributed by atoms with E-state index in [2.05, 4.69) is 5.32 Å². The third-order valence-corrected chi connectivity index (χ3v) is 3.16. The third kappa shape index (κ3) is 3.85. The van der Waals surface area contributed by atoms with E-state index in [1.165, 1.54) is 0 Å². The number of amides is 2. The maximum Gasteiger partial charge on any atom is 0.262 e. The van der Waals surface area contributed by atoms with Crippen LogP contribution in [0.15, 0.2) is 42.5 Å².